The minimum Gasteiger partial charge on any atom is -0.497 e. The molecule has 0 saturated carbocycles. The summed E-state index contributed by atoms with van der Waals surface area (Å²) >= 11 is 6.02. The summed E-state index contributed by atoms with van der Waals surface area (Å²) in [6.45, 7) is 3.87. The van der Waals surface area contributed by atoms with Gasteiger partial charge in [-0.3, -0.25) is 4.79 Å². The number of rotatable bonds is 4. The van der Waals surface area contributed by atoms with Crippen LogP contribution in [0.4, 0.5) is 11.4 Å². The van der Waals surface area contributed by atoms with Crippen molar-refractivity contribution in [3.8, 4) is 5.75 Å². The standard InChI is InChI=1S/C15H17ClN4O2.ClH/c1-8(2)14-18-7-10(16)13(20-14)15(21)19-12-6-9(22-3)4-5-11(12)17;/h4-8H,17H2,1-3H3,(H,19,21);1H. The van der Waals surface area contributed by atoms with Crippen molar-refractivity contribution in [2.24, 2.45) is 0 Å². The van der Waals surface area contributed by atoms with E-state index in [2.05, 4.69) is 15.3 Å². The Hall–Kier alpha value is -2.05. The lowest BCUT2D eigenvalue weighted by Gasteiger charge is -2.11. The van der Waals surface area contributed by atoms with Crippen LogP contribution in [-0.4, -0.2) is 23.0 Å². The first-order valence-corrected chi connectivity index (χ1v) is 7.07. The van der Waals surface area contributed by atoms with E-state index < -0.39 is 5.91 Å². The number of aromatic nitrogens is 2. The fourth-order valence-electron chi connectivity index (χ4n) is 1.77. The number of anilines is 2. The van der Waals surface area contributed by atoms with E-state index in [1.807, 2.05) is 13.8 Å². The minimum atomic E-state index is -0.450. The van der Waals surface area contributed by atoms with Gasteiger partial charge in [0, 0.05) is 12.0 Å². The van der Waals surface area contributed by atoms with Crippen molar-refractivity contribution in [1.82, 2.24) is 9.97 Å². The molecule has 124 valence electrons. The molecule has 1 aromatic heterocycles. The zero-order chi connectivity index (χ0) is 16.3. The summed E-state index contributed by atoms with van der Waals surface area (Å²) in [6.07, 6.45) is 1.42. The monoisotopic (exact) mass is 356 g/mol. The predicted octanol–water partition coefficient (Wildman–Crippen LogP) is 3.52. The molecule has 0 fully saturated rings. The lowest BCUT2D eigenvalue weighted by molar-refractivity contribution is 0.102. The molecule has 3 N–H and O–H groups in total. The van der Waals surface area contributed by atoms with Crippen LogP contribution in [0.2, 0.25) is 5.02 Å². The van der Waals surface area contributed by atoms with Crippen LogP contribution in [0.1, 0.15) is 36.1 Å². The number of nitrogens with one attached hydrogen (secondary N) is 1. The van der Waals surface area contributed by atoms with Gasteiger partial charge in [0.05, 0.1) is 29.7 Å². The first-order valence-electron chi connectivity index (χ1n) is 6.69. The number of nitrogens with zero attached hydrogens (tertiary/aromatic N) is 2. The Morgan fingerprint density at radius 1 is 1.39 bits per heavy atom. The average molecular weight is 357 g/mol. The van der Waals surface area contributed by atoms with Crippen LogP contribution < -0.4 is 15.8 Å². The van der Waals surface area contributed by atoms with E-state index in [9.17, 15) is 4.79 Å². The van der Waals surface area contributed by atoms with Crippen molar-refractivity contribution in [3.05, 3.63) is 40.9 Å². The molecule has 1 amide bonds. The maximum Gasteiger partial charge on any atom is 0.276 e. The summed E-state index contributed by atoms with van der Waals surface area (Å²) in [5.74, 6) is 0.772. The molecule has 1 heterocycles. The van der Waals surface area contributed by atoms with Crippen LogP contribution in [-0.2, 0) is 0 Å². The van der Waals surface area contributed by atoms with Gasteiger partial charge in [-0.15, -0.1) is 12.4 Å². The molecule has 1 aromatic carbocycles. The molecule has 0 unspecified atom stereocenters. The number of benzene rings is 1. The third-order valence-corrected chi connectivity index (χ3v) is 3.28. The Bertz CT molecular complexity index is 708. The molecule has 0 aliphatic rings. The molecule has 23 heavy (non-hydrogen) atoms. The summed E-state index contributed by atoms with van der Waals surface area (Å²) in [5, 5.41) is 2.87. The van der Waals surface area contributed by atoms with Crippen molar-refractivity contribution in [2.75, 3.05) is 18.2 Å². The van der Waals surface area contributed by atoms with Gasteiger partial charge in [0.25, 0.3) is 5.91 Å². The number of nitrogens with two attached hydrogens (primary N) is 1. The van der Waals surface area contributed by atoms with Gasteiger partial charge >= 0.3 is 0 Å². The number of hydrogen-bond acceptors (Lipinski definition) is 5. The van der Waals surface area contributed by atoms with Gasteiger partial charge in [-0.1, -0.05) is 25.4 Å². The van der Waals surface area contributed by atoms with Gasteiger partial charge in [-0.25, -0.2) is 9.97 Å². The lowest BCUT2D eigenvalue weighted by Crippen LogP contribution is -2.17. The number of ether oxygens (including phenoxy) is 1. The summed E-state index contributed by atoms with van der Waals surface area (Å²) in [5.41, 5.74) is 6.82. The number of carbonyl (C=O) groups is 1. The van der Waals surface area contributed by atoms with Crippen molar-refractivity contribution in [2.45, 2.75) is 19.8 Å². The fourth-order valence-corrected chi connectivity index (χ4v) is 1.95. The number of nitrogen functional groups attached to an aromatic ring is 1. The summed E-state index contributed by atoms with van der Waals surface area (Å²) in [4.78, 5) is 20.7. The number of methoxy groups -OCH3 is 1. The van der Waals surface area contributed by atoms with E-state index >= 15 is 0 Å². The Kier molecular flexibility index (Phi) is 6.60. The highest BCUT2D eigenvalue weighted by molar-refractivity contribution is 6.34. The third-order valence-electron chi connectivity index (χ3n) is 3.00. The molecule has 0 atom stereocenters. The third kappa shape index (κ3) is 4.46. The van der Waals surface area contributed by atoms with Crippen LogP contribution in [0.5, 0.6) is 5.75 Å². The van der Waals surface area contributed by atoms with E-state index in [-0.39, 0.29) is 29.0 Å². The Labute approximate surface area is 145 Å². The van der Waals surface area contributed by atoms with Crippen molar-refractivity contribution in [1.29, 1.82) is 0 Å². The second-order valence-electron chi connectivity index (χ2n) is 4.99. The van der Waals surface area contributed by atoms with Gasteiger partial charge < -0.3 is 15.8 Å². The van der Waals surface area contributed by atoms with Crippen LogP contribution in [0, 0.1) is 0 Å². The summed E-state index contributed by atoms with van der Waals surface area (Å²) in [6, 6.07) is 4.99. The van der Waals surface area contributed by atoms with Gasteiger partial charge in [0.2, 0.25) is 0 Å². The molecule has 0 radical (unpaired) electrons. The normalized spacial score (nSPS) is 10.1. The highest BCUT2D eigenvalue weighted by Crippen LogP contribution is 2.25. The molecule has 2 aromatic rings. The fraction of sp³-hybridized carbons (Fsp3) is 0.267. The number of hydrogen-bond donors (Lipinski definition) is 2. The molecule has 0 saturated heterocycles. The predicted molar refractivity (Wildman–Crippen MR) is 93.7 cm³/mol. The Morgan fingerprint density at radius 3 is 2.70 bits per heavy atom. The van der Waals surface area contributed by atoms with E-state index in [0.29, 0.717) is 22.9 Å². The van der Waals surface area contributed by atoms with E-state index in [0.717, 1.165) is 0 Å². The first kappa shape index (κ1) is 19.0. The summed E-state index contributed by atoms with van der Waals surface area (Å²) in [7, 11) is 1.54. The van der Waals surface area contributed by atoms with Gasteiger partial charge in [-0.2, -0.15) is 0 Å². The first-order chi connectivity index (χ1) is 10.4. The minimum absolute atomic E-state index is 0. The molecule has 2 rings (SSSR count). The van der Waals surface area contributed by atoms with Crippen LogP contribution in [0.15, 0.2) is 24.4 Å². The van der Waals surface area contributed by atoms with Crippen molar-refractivity contribution in [3.63, 3.8) is 0 Å². The van der Waals surface area contributed by atoms with Crippen LogP contribution >= 0.6 is 24.0 Å². The highest BCUT2D eigenvalue weighted by atomic mass is 35.5. The number of halogens is 2. The molecule has 0 aliphatic heterocycles. The maximum absolute atomic E-state index is 12.4. The van der Waals surface area contributed by atoms with Crippen LogP contribution in [0.25, 0.3) is 0 Å². The topological polar surface area (TPSA) is 90.1 Å². The largest absolute Gasteiger partial charge is 0.497 e. The maximum atomic E-state index is 12.4. The number of amides is 1. The molecule has 0 spiro atoms. The molecule has 0 bridgehead atoms. The zero-order valence-corrected chi connectivity index (χ0v) is 14.5. The second-order valence-corrected chi connectivity index (χ2v) is 5.39. The van der Waals surface area contributed by atoms with Crippen molar-refractivity contribution < 1.29 is 9.53 Å². The van der Waals surface area contributed by atoms with Gasteiger partial charge in [0.1, 0.15) is 11.6 Å². The molecule has 6 nitrogen and oxygen atoms in total. The lowest BCUT2D eigenvalue weighted by atomic mass is 10.2. The van der Waals surface area contributed by atoms with Gasteiger partial charge in [0.15, 0.2) is 5.69 Å². The van der Waals surface area contributed by atoms with E-state index in [1.54, 1.807) is 18.2 Å². The summed E-state index contributed by atoms with van der Waals surface area (Å²) < 4.78 is 5.11. The Morgan fingerprint density at radius 2 is 2.09 bits per heavy atom. The molecule has 0 aliphatic carbocycles. The highest BCUT2D eigenvalue weighted by Gasteiger charge is 2.17. The smallest absolute Gasteiger partial charge is 0.276 e. The van der Waals surface area contributed by atoms with E-state index in [1.165, 1.54) is 13.3 Å². The van der Waals surface area contributed by atoms with E-state index in [4.69, 9.17) is 22.1 Å². The SMILES string of the molecule is COc1ccc(N)c(NC(=O)c2nc(C(C)C)ncc2Cl)c1.Cl. The average Bonchev–Trinajstić information content (AvgIpc) is 2.49. The molecular formula is C15H18Cl2N4O2. The van der Waals surface area contributed by atoms with Crippen LogP contribution in [0.3, 0.4) is 0 Å². The zero-order valence-electron chi connectivity index (χ0n) is 13.0. The molecular weight excluding hydrogens is 339 g/mol. The second kappa shape index (κ2) is 7.99. The van der Waals surface area contributed by atoms with Gasteiger partial charge in [-0.05, 0) is 12.1 Å². The van der Waals surface area contributed by atoms with Crippen molar-refractivity contribution >= 4 is 41.3 Å². The number of carbonyl (C=O) groups excluding carboxylic acids is 1. The Balaban J connectivity index is 0.00000264. The molecule has 8 heteroatoms. The quantitative estimate of drug-likeness (QED) is 0.817.